The van der Waals surface area contributed by atoms with Gasteiger partial charge >= 0.3 is 0 Å². The Morgan fingerprint density at radius 3 is 3.21 bits per heavy atom. The molecule has 1 aliphatic heterocycles. The number of nitrogens with two attached hydrogens (primary N) is 1. The summed E-state index contributed by atoms with van der Waals surface area (Å²) in [4.78, 5) is 0. The zero-order valence-corrected chi connectivity index (χ0v) is 8.52. The second-order valence-corrected chi connectivity index (χ2v) is 3.92. The summed E-state index contributed by atoms with van der Waals surface area (Å²) in [6.07, 6.45) is 6.50. The van der Waals surface area contributed by atoms with Gasteiger partial charge in [-0.2, -0.15) is 5.10 Å². The normalized spacial score (nSPS) is 24.0. The van der Waals surface area contributed by atoms with Crippen LogP contribution in [-0.4, -0.2) is 22.5 Å². The predicted octanol–water partition coefficient (Wildman–Crippen LogP) is 1.08. The van der Waals surface area contributed by atoms with E-state index >= 15 is 0 Å². The minimum Gasteiger partial charge on any atom is -0.376 e. The van der Waals surface area contributed by atoms with Gasteiger partial charge in [0.2, 0.25) is 0 Å². The van der Waals surface area contributed by atoms with Crippen molar-refractivity contribution in [2.24, 2.45) is 5.73 Å². The number of rotatable bonds is 3. The van der Waals surface area contributed by atoms with Gasteiger partial charge in [0.1, 0.15) is 0 Å². The van der Waals surface area contributed by atoms with Crippen molar-refractivity contribution >= 4 is 0 Å². The second kappa shape index (κ2) is 4.11. The Kier molecular flexibility index (Phi) is 2.84. The lowest BCUT2D eigenvalue weighted by Gasteiger charge is -2.08. The predicted molar refractivity (Wildman–Crippen MR) is 53.8 cm³/mol. The van der Waals surface area contributed by atoms with Crippen molar-refractivity contribution in [1.29, 1.82) is 0 Å². The summed E-state index contributed by atoms with van der Waals surface area (Å²) < 4.78 is 7.46. The molecule has 2 rings (SSSR count). The molecule has 0 aliphatic carbocycles. The molecule has 1 aromatic heterocycles. The average molecular weight is 195 g/mol. The maximum atomic E-state index is 5.75. The number of ether oxygens (including phenoxy) is 1. The number of nitrogens with zero attached hydrogens (tertiary/aromatic N) is 2. The first kappa shape index (κ1) is 9.68. The zero-order valence-electron chi connectivity index (χ0n) is 8.52. The van der Waals surface area contributed by atoms with Crippen molar-refractivity contribution in [3.63, 3.8) is 0 Å². The van der Waals surface area contributed by atoms with Crippen molar-refractivity contribution in [3.05, 3.63) is 18.0 Å². The van der Waals surface area contributed by atoms with Crippen LogP contribution in [0.4, 0.5) is 0 Å². The lowest BCUT2D eigenvalue weighted by atomic mass is 10.2. The first-order valence-corrected chi connectivity index (χ1v) is 5.15. The van der Waals surface area contributed by atoms with Crippen molar-refractivity contribution in [2.75, 3.05) is 6.61 Å². The molecule has 1 unspecified atom stereocenters. The first-order valence-electron chi connectivity index (χ1n) is 5.15. The number of aromatic nitrogens is 2. The molecule has 0 amide bonds. The Bertz CT molecular complexity index is 289. The van der Waals surface area contributed by atoms with Crippen molar-refractivity contribution < 1.29 is 4.74 Å². The van der Waals surface area contributed by atoms with Crippen LogP contribution in [0.25, 0.3) is 0 Å². The molecule has 14 heavy (non-hydrogen) atoms. The molecule has 2 atom stereocenters. The molecule has 0 spiro atoms. The summed E-state index contributed by atoms with van der Waals surface area (Å²) in [5.41, 5.74) is 6.84. The Balaban J connectivity index is 1.95. The van der Waals surface area contributed by atoms with Gasteiger partial charge in [-0.3, -0.25) is 4.68 Å². The fraction of sp³-hybridized carbons (Fsp3) is 0.700. The lowest BCUT2D eigenvalue weighted by molar-refractivity contribution is 0.0940. The molecule has 1 saturated heterocycles. The van der Waals surface area contributed by atoms with Crippen LogP contribution in [0, 0.1) is 0 Å². The third kappa shape index (κ3) is 2.13. The number of hydrogen-bond donors (Lipinski definition) is 1. The topological polar surface area (TPSA) is 53.1 Å². The van der Waals surface area contributed by atoms with Gasteiger partial charge in [0.25, 0.3) is 0 Å². The smallest absolute Gasteiger partial charge is 0.0771 e. The van der Waals surface area contributed by atoms with E-state index < -0.39 is 0 Å². The van der Waals surface area contributed by atoms with Gasteiger partial charge in [-0.25, -0.2) is 0 Å². The van der Waals surface area contributed by atoms with Crippen LogP contribution < -0.4 is 5.73 Å². The summed E-state index contributed by atoms with van der Waals surface area (Å²) in [6.45, 7) is 3.71. The van der Waals surface area contributed by atoms with Crippen LogP contribution in [0.2, 0.25) is 0 Å². The van der Waals surface area contributed by atoms with Crippen LogP contribution in [0.3, 0.4) is 0 Å². The van der Waals surface area contributed by atoms with Crippen LogP contribution in [0.15, 0.2) is 12.4 Å². The average Bonchev–Trinajstić information content (AvgIpc) is 2.75. The van der Waals surface area contributed by atoms with Crippen LogP contribution in [0.1, 0.15) is 31.4 Å². The van der Waals surface area contributed by atoms with E-state index in [9.17, 15) is 0 Å². The van der Waals surface area contributed by atoms with Gasteiger partial charge in [0.05, 0.1) is 18.8 Å². The Labute approximate surface area is 84.0 Å². The van der Waals surface area contributed by atoms with Gasteiger partial charge in [0.15, 0.2) is 0 Å². The molecule has 1 fully saturated rings. The molecule has 4 heteroatoms. The molecule has 0 saturated carbocycles. The minimum atomic E-state index is 0.0632. The van der Waals surface area contributed by atoms with E-state index in [2.05, 4.69) is 5.10 Å². The van der Waals surface area contributed by atoms with Gasteiger partial charge < -0.3 is 10.5 Å². The maximum Gasteiger partial charge on any atom is 0.0771 e. The summed E-state index contributed by atoms with van der Waals surface area (Å²) in [5.74, 6) is 0. The summed E-state index contributed by atoms with van der Waals surface area (Å²) >= 11 is 0. The highest BCUT2D eigenvalue weighted by atomic mass is 16.5. The van der Waals surface area contributed by atoms with Crippen LogP contribution in [-0.2, 0) is 11.3 Å². The molecule has 1 aromatic rings. The SMILES string of the molecule is C[C@H](N)c1cnn(CC2CCCO2)c1. The zero-order chi connectivity index (χ0) is 9.97. The monoisotopic (exact) mass is 195 g/mol. The molecule has 0 radical (unpaired) electrons. The minimum absolute atomic E-state index is 0.0632. The quantitative estimate of drug-likeness (QED) is 0.785. The van der Waals surface area contributed by atoms with E-state index in [1.54, 1.807) is 0 Å². The van der Waals surface area contributed by atoms with Crippen molar-refractivity contribution in [3.8, 4) is 0 Å². The maximum absolute atomic E-state index is 5.75. The second-order valence-electron chi connectivity index (χ2n) is 3.92. The third-order valence-corrected chi connectivity index (χ3v) is 2.59. The van der Waals surface area contributed by atoms with Crippen molar-refractivity contribution in [1.82, 2.24) is 9.78 Å². The molecule has 2 heterocycles. The van der Waals surface area contributed by atoms with E-state index in [1.807, 2.05) is 24.0 Å². The molecular weight excluding hydrogens is 178 g/mol. The van der Waals surface area contributed by atoms with E-state index in [4.69, 9.17) is 10.5 Å². The van der Waals surface area contributed by atoms with Crippen LogP contribution >= 0.6 is 0 Å². The van der Waals surface area contributed by atoms with E-state index in [-0.39, 0.29) is 6.04 Å². The number of hydrogen-bond acceptors (Lipinski definition) is 3. The summed E-state index contributed by atoms with van der Waals surface area (Å²) in [7, 11) is 0. The molecule has 78 valence electrons. The molecule has 1 aliphatic rings. The lowest BCUT2D eigenvalue weighted by Crippen LogP contribution is -2.15. The fourth-order valence-electron chi connectivity index (χ4n) is 1.71. The van der Waals surface area contributed by atoms with Gasteiger partial charge in [0, 0.05) is 24.4 Å². The largest absolute Gasteiger partial charge is 0.376 e. The highest BCUT2D eigenvalue weighted by molar-refractivity contribution is 5.08. The molecule has 2 N–H and O–H groups in total. The molecule has 0 bridgehead atoms. The summed E-state index contributed by atoms with van der Waals surface area (Å²) in [5, 5.41) is 4.26. The molecule has 0 aromatic carbocycles. The van der Waals surface area contributed by atoms with E-state index in [1.165, 1.54) is 6.42 Å². The first-order chi connectivity index (χ1) is 6.75. The summed E-state index contributed by atoms with van der Waals surface area (Å²) in [6, 6.07) is 0.0632. The van der Waals surface area contributed by atoms with E-state index in [0.717, 1.165) is 25.1 Å². The molecule has 4 nitrogen and oxygen atoms in total. The van der Waals surface area contributed by atoms with Crippen LogP contribution in [0.5, 0.6) is 0 Å². The Morgan fingerprint density at radius 2 is 2.64 bits per heavy atom. The van der Waals surface area contributed by atoms with Gasteiger partial charge in [-0.05, 0) is 19.8 Å². The Hall–Kier alpha value is -0.870. The van der Waals surface area contributed by atoms with Gasteiger partial charge in [-0.15, -0.1) is 0 Å². The molecular formula is C10H17N3O. The van der Waals surface area contributed by atoms with E-state index in [0.29, 0.717) is 6.10 Å². The third-order valence-electron chi connectivity index (χ3n) is 2.59. The Morgan fingerprint density at radius 1 is 1.79 bits per heavy atom. The fourth-order valence-corrected chi connectivity index (χ4v) is 1.71. The highest BCUT2D eigenvalue weighted by Crippen LogP contribution is 2.14. The van der Waals surface area contributed by atoms with Crippen molar-refractivity contribution in [2.45, 2.75) is 38.5 Å². The standard InChI is InChI=1S/C10H17N3O/c1-8(11)9-5-12-13(6-9)7-10-3-2-4-14-10/h5-6,8,10H,2-4,7,11H2,1H3/t8-,10?/m0/s1. The highest BCUT2D eigenvalue weighted by Gasteiger charge is 2.16. The van der Waals surface area contributed by atoms with Gasteiger partial charge in [-0.1, -0.05) is 0 Å².